The van der Waals surface area contributed by atoms with E-state index in [1.54, 1.807) is 18.2 Å². The third kappa shape index (κ3) is 3.31. The molecule has 2 aromatic carbocycles. The standard InChI is InChI=1S/C17H19ClFN/c1-11(2)13-7-9-14(10-8-13)12(3)20-16-6-4-5-15(18)17(16)19/h4-12,20H,1-3H3. The molecule has 0 aliphatic heterocycles. The van der Waals surface area contributed by atoms with Gasteiger partial charge in [-0.25, -0.2) is 4.39 Å². The van der Waals surface area contributed by atoms with Crippen molar-refractivity contribution in [3.63, 3.8) is 0 Å². The molecule has 2 rings (SSSR count). The topological polar surface area (TPSA) is 12.0 Å². The quantitative estimate of drug-likeness (QED) is 0.753. The fraction of sp³-hybridized carbons (Fsp3) is 0.294. The highest BCUT2D eigenvalue weighted by Gasteiger charge is 2.11. The first-order valence-corrected chi connectivity index (χ1v) is 7.17. The lowest BCUT2D eigenvalue weighted by Crippen LogP contribution is -2.08. The van der Waals surface area contributed by atoms with Crippen LogP contribution in [0.15, 0.2) is 42.5 Å². The summed E-state index contributed by atoms with van der Waals surface area (Å²) in [7, 11) is 0. The smallest absolute Gasteiger partial charge is 0.164 e. The molecule has 0 saturated carbocycles. The Labute approximate surface area is 124 Å². The lowest BCUT2D eigenvalue weighted by molar-refractivity contribution is 0.628. The molecular weight excluding hydrogens is 273 g/mol. The number of hydrogen-bond acceptors (Lipinski definition) is 1. The molecule has 0 bridgehead atoms. The molecular formula is C17H19ClFN. The zero-order valence-electron chi connectivity index (χ0n) is 12.0. The average molecular weight is 292 g/mol. The number of nitrogens with one attached hydrogen (secondary N) is 1. The molecule has 106 valence electrons. The van der Waals surface area contributed by atoms with Crippen molar-refractivity contribution in [2.45, 2.75) is 32.7 Å². The Kier molecular flexibility index (Phi) is 4.66. The van der Waals surface area contributed by atoms with Crippen molar-refractivity contribution in [3.05, 3.63) is 64.4 Å². The van der Waals surface area contributed by atoms with Crippen LogP contribution in [0.25, 0.3) is 0 Å². The van der Waals surface area contributed by atoms with Crippen molar-refractivity contribution in [1.82, 2.24) is 0 Å². The molecule has 0 radical (unpaired) electrons. The van der Waals surface area contributed by atoms with Crippen molar-refractivity contribution in [3.8, 4) is 0 Å². The highest BCUT2D eigenvalue weighted by atomic mass is 35.5. The maximum atomic E-state index is 13.9. The molecule has 0 aromatic heterocycles. The van der Waals surface area contributed by atoms with E-state index in [1.807, 2.05) is 6.92 Å². The molecule has 1 nitrogen and oxygen atoms in total. The summed E-state index contributed by atoms with van der Waals surface area (Å²) in [5.74, 6) is 0.109. The number of anilines is 1. The normalized spacial score (nSPS) is 12.5. The molecule has 0 spiro atoms. The van der Waals surface area contributed by atoms with Crippen molar-refractivity contribution >= 4 is 17.3 Å². The lowest BCUT2D eigenvalue weighted by Gasteiger charge is -2.17. The van der Waals surface area contributed by atoms with Crippen LogP contribution < -0.4 is 5.32 Å². The van der Waals surface area contributed by atoms with Crippen LogP contribution in [-0.2, 0) is 0 Å². The minimum atomic E-state index is -0.403. The highest BCUT2D eigenvalue weighted by Crippen LogP contribution is 2.26. The van der Waals surface area contributed by atoms with E-state index in [-0.39, 0.29) is 11.1 Å². The second-order valence-electron chi connectivity index (χ2n) is 5.29. The van der Waals surface area contributed by atoms with Crippen LogP contribution in [0.5, 0.6) is 0 Å². The minimum absolute atomic E-state index is 0.0178. The Morgan fingerprint density at radius 3 is 2.15 bits per heavy atom. The van der Waals surface area contributed by atoms with Gasteiger partial charge in [-0.05, 0) is 36.1 Å². The van der Waals surface area contributed by atoms with Gasteiger partial charge >= 0.3 is 0 Å². The summed E-state index contributed by atoms with van der Waals surface area (Å²) in [6.45, 7) is 6.33. The number of hydrogen-bond donors (Lipinski definition) is 1. The van der Waals surface area contributed by atoms with E-state index in [0.717, 1.165) is 5.56 Å². The predicted molar refractivity (Wildman–Crippen MR) is 84.0 cm³/mol. The highest BCUT2D eigenvalue weighted by molar-refractivity contribution is 6.31. The molecule has 3 heteroatoms. The molecule has 1 unspecified atom stereocenters. The molecule has 0 saturated heterocycles. The van der Waals surface area contributed by atoms with Crippen LogP contribution in [0, 0.1) is 5.82 Å². The Hall–Kier alpha value is -1.54. The lowest BCUT2D eigenvalue weighted by atomic mass is 9.99. The zero-order chi connectivity index (χ0) is 14.7. The Morgan fingerprint density at radius 1 is 0.950 bits per heavy atom. The molecule has 20 heavy (non-hydrogen) atoms. The van der Waals surface area contributed by atoms with E-state index < -0.39 is 5.82 Å². The van der Waals surface area contributed by atoms with Crippen molar-refractivity contribution in [2.24, 2.45) is 0 Å². The summed E-state index contributed by atoms with van der Waals surface area (Å²) in [4.78, 5) is 0. The maximum Gasteiger partial charge on any atom is 0.164 e. The van der Waals surface area contributed by atoms with Gasteiger partial charge in [-0.15, -0.1) is 0 Å². The van der Waals surface area contributed by atoms with Crippen LogP contribution in [0.2, 0.25) is 5.02 Å². The van der Waals surface area contributed by atoms with Crippen LogP contribution >= 0.6 is 11.6 Å². The molecule has 0 fully saturated rings. The summed E-state index contributed by atoms with van der Waals surface area (Å²) in [6.07, 6.45) is 0. The second-order valence-corrected chi connectivity index (χ2v) is 5.70. The number of rotatable bonds is 4. The maximum absolute atomic E-state index is 13.9. The fourth-order valence-electron chi connectivity index (χ4n) is 2.10. The SMILES string of the molecule is CC(C)c1ccc(C(C)Nc2cccc(Cl)c2F)cc1. The van der Waals surface area contributed by atoms with Gasteiger partial charge in [-0.3, -0.25) is 0 Å². The Morgan fingerprint density at radius 2 is 1.55 bits per heavy atom. The van der Waals surface area contributed by atoms with Crippen molar-refractivity contribution in [2.75, 3.05) is 5.32 Å². The first-order valence-electron chi connectivity index (χ1n) is 6.79. The monoisotopic (exact) mass is 291 g/mol. The predicted octanol–water partition coefficient (Wildman–Crippen LogP) is 5.78. The van der Waals surface area contributed by atoms with E-state index in [1.165, 1.54) is 5.56 Å². The summed E-state index contributed by atoms with van der Waals surface area (Å²) in [6, 6.07) is 13.4. The van der Waals surface area contributed by atoms with Gasteiger partial charge in [0.2, 0.25) is 0 Å². The van der Waals surface area contributed by atoms with Gasteiger partial charge in [-0.2, -0.15) is 0 Å². The molecule has 1 atom stereocenters. The van der Waals surface area contributed by atoms with Crippen LogP contribution in [0.4, 0.5) is 10.1 Å². The summed E-state index contributed by atoms with van der Waals surface area (Å²) >= 11 is 5.78. The van der Waals surface area contributed by atoms with E-state index in [9.17, 15) is 4.39 Å². The van der Waals surface area contributed by atoms with Crippen LogP contribution in [0.3, 0.4) is 0 Å². The Balaban J connectivity index is 2.15. The van der Waals surface area contributed by atoms with Crippen molar-refractivity contribution in [1.29, 1.82) is 0 Å². The molecule has 2 aromatic rings. The largest absolute Gasteiger partial charge is 0.376 e. The third-order valence-corrected chi connectivity index (χ3v) is 3.72. The van der Waals surface area contributed by atoms with E-state index in [2.05, 4.69) is 43.4 Å². The summed E-state index contributed by atoms with van der Waals surface area (Å²) in [5.41, 5.74) is 2.85. The minimum Gasteiger partial charge on any atom is -0.376 e. The molecule has 0 aliphatic rings. The first kappa shape index (κ1) is 14.9. The summed E-state index contributed by atoms with van der Waals surface area (Å²) in [5, 5.41) is 3.29. The van der Waals surface area contributed by atoms with Gasteiger partial charge in [0, 0.05) is 6.04 Å². The van der Waals surface area contributed by atoms with Gasteiger partial charge in [0.25, 0.3) is 0 Å². The van der Waals surface area contributed by atoms with Crippen LogP contribution in [-0.4, -0.2) is 0 Å². The van der Waals surface area contributed by atoms with Gasteiger partial charge in [0.15, 0.2) is 5.82 Å². The first-order chi connectivity index (χ1) is 9.49. The van der Waals surface area contributed by atoms with Gasteiger partial charge < -0.3 is 5.32 Å². The van der Waals surface area contributed by atoms with E-state index in [0.29, 0.717) is 11.6 Å². The van der Waals surface area contributed by atoms with Crippen molar-refractivity contribution < 1.29 is 4.39 Å². The zero-order valence-corrected chi connectivity index (χ0v) is 12.7. The molecule has 0 heterocycles. The molecule has 0 amide bonds. The molecule has 0 aliphatic carbocycles. The average Bonchev–Trinajstić information content (AvgIpc) is 2.44. The third-order valence-electron chi connectivity index (χ3n) is 3.43. The summed E-state index contributed by atoms with van der Waals surface area (Å²) < 4.78 is 13.9. The van der Waals surface area contributed by atoms with Crippen LogP contribution in [0.1, 0.15) is 43.9 Å². The van der Waals surface area contributed by atoms with E-state index in [4.69, 9.17) is 11.6 Å². The fourth-order valence-corrected chi connectivity index (χ4v) is 2.28. The Bertz CT molecular complexity index is 578. The molecule has 1 N–H and O–H groups in total. The van der Waals surface area contributed by atoms with Gasteiger partial charge in [0.1, 0.15) is 0 Å². The number of halogens is 2. The van der Waals surface area contributed by atoms with Gasteiger partial charge in [0.05, 0.1) is 10.7 Å². The van der Waals surface area contributed by atoms with E-state index >= 15 is 0 Å². The number of benzene rings is 2. The van der Waals surface area contributed by atoms with Gasteiger partial charge in [-0.1, -0.05) is 55.8 Å². The second kappa shape index (κ2) is 6.27.